The molecule has 0 spiro atoms. The largest absolute Gasteiger partial charge is 0.458 e. The van der Waals surface area contributed by atoms with E-state index in [1.54, 1.807) is 25.9 Å². The van der Waals surface area contributed by atoms with Crippen LogP contribution in [0, 0.1) is 0 Å². The minimum atomic E-state index is 0.253. The Labute approximate surface area is 48.5 Å². The van der Waals surface area contributed by atoms with Crippen molar-refractivity contribution < 1.29 is 9.53 Å². The third-order valence-corrected chi connectivity index (χ3v) is 0.525. The van der Waals surface area contributed by atoms with Crippen molar-refractivity contribution in [3.05, 3.63) is 18.1 Å². The van der Waals surface area contributed by atoms with Gasteiger partial charge in [-0.1, -0.05) is 6.08 Å². The van der Waals surface area contributed by atoms with Crippen LogP contribution in [-0.2, 0) is 9.53 Å². The quantitative estimate of drug-likeness (QED) is 0.397. The zero-order valence-electron chi connectivity index (χ0n) is 4.97. The smallest absolute Gasteiger partial charge is 0.183 e. The summed E-state index contributed by atoms with van der Waals surface area (Å²) < 4.78 is 4.65. The van der Waals surface area contributed by atoms with E-state index in [1.165, 1.54) is 6.26 Å². The lowest BCUT2D eigenvalue weighted by molar-refractivity contribution is 0.355. The molecule has 0 aromatic heterocycles. The number of carbonyl (C=O) groups excluding carboxylic acids is 1. The average molecular weight is 112 g/mol. The van der Waals surface area contributed by atoms with E-state index in [0.29, 0.717) is 0 Å². The monoisotopic (exact) mass is 112 g/mol. The Balaban J connectivity index is 3.56. The van der Waals surface area contributed by atoms with Gasteiger partial charge in [0.2, 0.25) is 0 Å². The summed E-state index contributed by atoms with van der Waals surface area (Å²) in [5.74, 6) is 1.85. The van der Waals surface area contributed by atoms with Gasteiger partial charge < -0.3 is 4.74 Å². The second-order valence-electron chi connectivity index (χ2n) is 1.25. The average Bonchev–Trinajstić information content (AvgIpc) is 1.83. The third kappa shape index (κ3) is 3.19. The van der Waals surface area contributed by atoms with Crippen LogP contribution in [0.25, 0.3) is 0 Å². The first kappa shape index (κ1) is 6.99. The number of allylic oxidation sites excluding steroid dienone is 2. The molecule has 0 amide bonds. The maximum atomic E-state index is 9.69. The second-order valence-corrected chi connectivity index (χ2v) is 1.25. The van der Waals surface area contributed by atoms with E-state index in [0.717, 1.165) is 0 Å². The molecule has 0 saturated carbocycles. The zero-order chi connectivity index (χ0) is 6.41. The van der Waals surface area contributed by atoms with Gasteiger partial charge in [-0.3, -0.25) is 0 Å². The summed E-state index contributed by atoms with van der Waals surface area (Å²) in [6, 6.07) is 0. The van der Waals surface area contributed by atoms with Gasteiger partial charge in [-0.05, 0) is 6.92 Å². The minimum Gasteiger partial charge on any atom is -0.458 e. The van der Waals surface area contributed by atoms with Crippen molar-refractivity contribution in [2.24, 2.45) is 0 Å². The molecule has 0 fully saturated rings. The first-order valence-corrected chi connectivity index (χ1v) is 2.30. The lowest BCUT2D eigenvalue weighted by Gasteiger charge is -1.89. The van der Waals surface area contributed by atoms with Crippen LogP contribution >= 0.6 is 0 Å². The fourth-order valence-electron chi connectivity index (χ4n) is 0.194. The molecular weight excluding hydrogens is 104 g/mol. The summed E-state index contributed by atoms with van der Waals surface area (Å²) in [4.78, 5) is 9.69. The molecule has 0 radical (unpaired) electrons. The highest BCUT2D eigenvalue weighted by molar-refractivity contribution is 5.48. The Morgan fingerprint density at radius 1 is 1.75 bits per heavy atom. The van der Waals surface area contributed by atoms with Crippen LogP contribution in [0.1, 0.15) is 13.8 Å². The lowest BCUT2D eigenvalue weighted by Crippen LogP contribution is -1.76. The van der Waals surface area contributed by atoms with E-state index in [9.17, 15) is 4.79 Å². The minimum absolute atomic E-state index is 0.253. The Bertz CT molecular complexity index is 129. The molecule has 0 heterocycles. The van der Waals surface area contributed by atoms with Gasteiger partial charge in [0.05, 0.1) is 6.26 Å². The molecule has 0 aliphatic carbocycles. The van der Waals surface area contributed by atoms with Gasteiger partial charge in [0, 0.05) is 6.92 Å². The molecule has 0 saturated heterocycles. The van der Waals surface area contributed by atoms with Gasteiger partial charge >= 0.3 is 0 Å². The highest BCUT2D eigenvalue weighted by Gasteiger charge is 1.79. The van der Waals surface area contributed by atoms with Crippen LogP contribution in [0.2, 0.25) is 0 Å². The van der Waals surface area contributed by atoms with Crippen LogP contribution in [0.15, 0.2) is 18.1 Å². The normalized spacial score (nSPS) is 8.75. The molecule has 0 rings (SSSR count). The Morgan fingerprint density at radius 2 is 2.38 bits per heavy atom. The van der Waals surface area contributed by atoms with Crippen molar-refractivity contribution >= 4 is 5.94 Å². The zero-order valence-corrected chi connectivity index (χ0v) is 4.97. The number of ether oxygens (including phenoxy) is 1. The predicted octanol–water partition coefficient (Wildman–Crippen LogP) is 1.27. The maximum absolute atomic E-state index is 9.69. The number of hydrogen-bond acceptors (Lipinski definition) is 2. The van der Waals surface area contributed by atoms with E-state index < -0.39 is 0 Å². The van der Waals surface area contributed by atoms with Gasteiger partial charge in [-0.25, -0.2) is 4.79 Å². The molecule has 8 heavy (non-hydrogen) atoms. The summed E-state index contributed by atoms with van der Waals surface area (Å²) in [6.45, 7) is 3.35. The molecule has 0 aromatic rings. The molecule has 44 valence electrons. The summed E-state index contributed by atoms with van der Waals surface area (Å²) in [7, 11) is 0. The van der Waals surface area contributed by atoms with Crippen molar-refractivity contribution in [2.45, 2.75) is 13.8 Å². The summed E-state index contributed by atoms with van der Waals surface area (Å²) in [6.07, 6.45) is 3.13. The number of hydrogen-bond donors (Lipinski definition) is 0. The Kier molecular flexibility index (Phi) is 3.63. The first-order valence-electron chi connectivity index (χ1n) is 2.30. The molecule has 0 aliphatic rings. The molecule has 0 unspecified atom stereocenters. The molecular formula is C6H8O2. The molecule has 2 nitrogen and oxygen atoms in total. The fraction of sp³-hybridized carbons (Fsp3) is 0.333. The van der Waals surface area contributed by atoms with E-state index in [2.05, 4.69) is 4.74 Å². The van der Waals surface area contributed by atoms with Crippen molar-refractivity contribution in [2.75, 3.05) is 0 Å². The van der Waals surface area contributed by atoms with Gasteiger partial charge in [-0.2, -0.15) is 0 Å². The summed E-state index contributed by atoms with van der Waals surface area (Å²) >= 11 is 0. The standard InChI is InChI=1S/C6H8O2/c1-3-4-8-6(2)5-7/h3-4H,1-2H3. The van der Waals surface area contributed by atoms with Gasteiger partial charge in [0.1, 0.15) is 0 Å². The molecule has 0 bridgehead atoms. The molecule has 0 atom stereocenters. The van der Waals surface area contributed by atoms with Crippen LogP contribution in [0.4, 0.5) is 0 Å². The fourth-order valence-corrected chi connectivity index (χ4v) is 0.194. The van der Waals surface area contributed by atoms with Crippen LogP contribution in [0.5, 0.6) is 0 Å². The summed E-state index contributed by atoms with van der Waals surface area (Å²) in [5.41, 5.74) is 0. The van der Waals surface area contributed by atoms with Crippen LogP contribution in [0.3, 0.4) is 0 Å². The highest BCUT2D eigenvalue weighted by atomic mass is 16.5. The maximum Gasteiger partial charge on any atom is 0.183 e. The van der Waals surface area contributed by atoms with E-state index >= 15 is 0 Å². The second kappa shape index (κ2) is 4.16. The SMILES string of the molecule is CC=COC(C)=C=O. The Hall–Kier alpha value is -1.01. The predicted molar refractivity (Wildman–Crippen MR) is 30.8 cm³/mol. The van der Waals surface area contributed by atoms with Crippen molar-refractivity contribution in [3.8, 4) is 0 Å². The Morgan fingerprint density at radius 3 is 2.75 bits per heavy atom. The molecule has 0 aromatic carbocycles. The highest BCUT2D eigenvalue weighted by Crippen LogP contribution is 1.87. The van der Waals surface area contributed by atoms with Crippen molar-refractivity contribution in [3.63, 3.8) is 0 Å². The van der Waals surface area contributed by atoms with Crippen molar-refractivity contribution in [1.29, 1.82) is 0 Å². The summed E-state index contributed by atoms with van der Waals surface area (Å²) in [5, 5.41) is 0. The van der Waals surface area contributed by atoms with Crippen LogP contribution < -0.4 is 0 Å². The topological polar surface area (TPSA) is 26.3 Å². The van der Waals surface area contributed by atoms with Gasteiger partial charge in [0.25, 0.3) is 0 Å². The van der Waals surface area contributed by atoms with E-state index in [1.807, 2.05) is 0 Å². The molecule has 2 heteroatoms. The third-order valence-electron chi connectivity index (χ3n) is 0.525. The van der Waals surface area contributed by atoms with Gasteiger partial charge in [0.15, 0.2) is 11.7 Å². The van der Waals surface area contributed by atoms with E-state index in [4.69, 9.17) is 0 Å². The van der Waals surface area contributed by atoms with Gasteiger partial charge in [-0.15, -0.1) is 0 Å². The van der Waals surface area contributed by atoms with E-state index in [-0.39, 0.29) is 5.76 Å². The first-order chi connectivity index (χ1) is 3.81. The van der Waals surface area contributed by atoms with Crippen molar-refractivity contribution in [1.82, 2.24) is 0 Å². The molecule has 0 N–H and O–H groups in total. The lowest BCUT2D eigenvalue weighted by atomic mass is 10.6. The molecule has 0 aliphatic heterocycles. The number of rotatable bonds is 2. The van der Waals surface area contributed by atoms with Crippen LogP contribution in [-0.4, -0.2) is 5.94 Å².